The number of amides is 2. The molecule has 0 radical (unpaired) electrons. The summed E-state index contributed by atoms with van der Waals surface area (Å²) in [6, 6.07) is 15.2. The van der Waals surface area contributed by atoms with Crippen LogP contribution in [0, 0.1) is 0 Å². The molecular formula is C38H37F5N4O8. The summed E-state index contributed by atoms with van der Waals surface area (Å²) in [6.07, 6.45) is -11.0. The number of ether oxygens (including phenoxy) is 5. The lowest BCUT2D eigenvalue weighted by atomic mass is 10.0. The number of anilines is 1. The van der Waals surface area contributed by atoms with Crippen LogP contribution in [0.15, 0.2) is 66.7 Å². The maximum atomic E-state index is 14.7. The Kier molecular flexibility index (Phi) is 9.72. The van der Waals surface area contributed by atoms with Crippen LogP contribution in [0.25, 0.3) is 5.69 Å². The summed E-state index contributed by atoms with van der Waals surface area (Å²) in [7, 11) is 1.38. The van der Waals surface area contributed by atoms with Gasteiger partial charge in [-0.2, -0.15) is 18.3 Å². The van der Waals surface area contributed by atoms with E-state index in [1.54, 1.807) is 41.5 Å². The summed E-state index contributed by atoms with van der Waals surface area (Å²) in [5.41, 5.74) is -2.96. The number of aromatic nitrogens is 2. The zero-order valence-electron chi connectivity index (χ0n) is 30.8. The summed E-state index contributed by atoms with van der Waals surface area (Å²) in [5, 5.41) is 3.97. The van der Waals surface area contributed by atoms with Gasteiger partial charge in [0.2, 0.25) is 0 Å². The van der Waals surface area contributed by atoms with Crippen molar-refractivity contribution in [3.8, 4) is 22.9 Å². The summed E-state index contributed by atoms with van der Waals surface area (Å²) >= 11 is 0. The lowest BCUT2D eigenvalue weighted by Crippen LogP contribution is -2.43. The molecule has 12 nitrogen and oxygen atoms in total. The van der Waals surface area contributed by atoms with Crippen LogP contribution in [0.4, 0.5) is 32.4 Å². The zero-order chi connectivity index (χ0) is 40.2. The van der Waals surface area contributed by atoms with Crippen LogP contribution >= 0.6 is 0 Å². The van der Waals surface area contributed by atoms with Crippen LogP contribution in [-0.4, -0.2) is 63.7 Å². The van der Waals surface area contributed by atoms with Gasteiger partial charge in [0.25, 0.3) is 5.91 Å². The number of hydrogen-bond donors (Lipinski definition) is 0. The molecule has 6 rings (SSSR count). The highest BCUT2D eigenvalue weighted by atomic mass is 19.4. The molecule has 2 aliphatic heterocycles. The molecule has 0 saturated heterocycles. The fraction of sp³-hybridized carbons (Fsp3) is 0.368. The second kappa shape index (κ2) is 13.8. The lowest BCUT2D eigenvalue weighted by molar-refractivity contribution is -0.286. The largest absolute Gasteiger partial charge is 0.586 e. The average molecular weight is 773 g/mol. The number of hydrogen-bond acceptors (Lipinski definition) is 9. The Hall–Kier alpha value is -5.87. The number of alkyl halides is 5. The topological polar surface area (TPSA) is 122 Å². The third-order valence-corrected chi connectivity index (χ3v) is 8.17. The molecule has 3 heterocycles. The third-order valence-electron chi connectivity index (χ3n) is 8.17. The van der Waals surface area contributed by atoms with Gasteiger partial charge in [0.1, 0.15) is 17.0 Å². The molecule has 0 N–H and O–H groups in total. The molecule has 0 fully saturated rings. The highest BCUT2D eigenvalue weighted by Crippen LogP contribution is 2.44. The summed E-state index contributed by atoms with van der Waals surface area (Å²) in [6.45, 7) is 9.22. The number of carbonyl (C=O) groups is 3. The second-order valence-corrected chi connectivity index (χ2v) is 14.8. The molecular weight excluding hydrogens is 735 g/mol. The minimum atomic E-state index is -4.98. The smallest absolute Gasteiger partial charge is 0.482 e. The van der Waals surface area contributed by atoms with Gasteiger partial charge in [-0.15, -0.1) is 8.78 Å². The molecule has 0 spiro atoms. The van der Waals surface area contributed by atoms with E-state index in [-0.39, 0.29) is 57.6 Å². The Bertz CT molecular complexity index is 2140. The van der Waals surface area contributed by atoms with E-state index < -0.39 is 60.0 Å². The van der Waals surface area contributed by atoms with Crippen molar-refractivity contribution < 1.29 is 60.0 Å². The van der Waals surface area contributed by atoms with Gasteiger partial charge in [0.05, 0.1) is 30.0 Å². The van der Waals surface area contributed by atoms with Crippen LogP contribution in [0.1, 0.15) is 85.3 Å². The molecule has 2 aliphatic rings. The highest BCUT2D eigenvalue weighted by Gasteiger charge is 2.46. The Morgan fingerprint density at radius 2 is 1.51 bits per heavy atom. The van der Waals surface area contributed by atoms with Gasteiger partial charge in [-0.1, -0.05) is 6.07 Å². The van der Waals surface area contributed by atoms with Crippen LogP contribution in [0.5, 0.6) is 17.2 Å². The fourth-order valence-electron chi connectivity index (χ4n) is 5.87. The van der Waals surface area contributed by atoms with Gasteiger partial charge >= 0.3 is 24.5 Å². The molecule has 55 heavy (non-hydrogen) atoms. The van der Waals surface area contributed by atoms with Crippen molar-refractivity contribution in [1.82, 2.24) is 14.7 Å². The number of fused-ring (bicyclic) bond motifs is 2. The first kappa shape index (κ1) is 38.8. The summed E-state index contributed by atoms with van der Waals surface area (Å²) in [5.74, 6) is -1.59. The lowest BCUT2D eigenvalue weighted by Gasteiger charge is -2.35. The van der Waals surface area contributed by atoms with Crippen LogP contribution in [0.3, 0.4) is 0 Å². The maximum absolute atomic E-state index is 14.7. The molecule has 0 saturated carbocycles. The standard InChI is InChI=1S/C38H37F5N4O8/c1-35(2,3)54-33(49)21-11-14-25(15-12-21)51-29-20-46(34(50)55-36(4,5)6)19-26-30(29)47(44-31(26)37(39,40)41)24-10-8-9-22(17-24)32(48)45(7)23-13-16-27-28(18-23)53-38(42,43)52-27/h8-18,29H,19-20H2,1-7H3. The number of benzene rings is 3. The maximum Gasteiger partial charge on any atom is 0.586 e. The van der Waals surface area contributed by atoms with E-state index in [0.717, 1.165) is 14.5 Å². The third kappa shape index (κ3) is 8.60. The molecule has 1 aromatic heterocycles. The van der Waals surface area contributed by atoms with Gasteiger partial charge < -0.3 is 28.6 Å². The predicted octanol–water partition coefficient (Wildman–Crippen LogP) is 8.32. The normalized spacial score (nSPS) is 16.3. The van der Waals surface area contributed by atoms with Gasteiger partial charge in [-0.05, 0) is 96.1 Å². The fourth-order valence-corrected chi connectivity index (χ4v) is 5.87. The number of nitrogens with zero attached hydrogens (tertiary/aromatic N) is 4. The predicted molar refractivity (Wildman–Crippen MR) is 186 cm³/mol. The molecule has 0 aliphatic carbocycles. The van der Waals surface area contributed by atoms with E-state index in [1.807, 2.05) is 0 Å². The first-order valence-corrected chi connectivity index (χ1v) is 16.9. The Labute approximate surface area is 312 Å². The molecule has 0 bridgehead atoms. The minimum absolute atomic E-state index is 0.0159. The first-order chi connectivity index (χ1) is 25.5. The summed E-state index contributed by atoms with van der Waals surface area (Å²) in [4.78, 5) is 41.8. The van der Waals surface area contributed by atoms with Crippen molar-refractivity contribution >= 4 is 23.7 Å². The monoisotopic (exact) mass is 772 g/mol. The van der Waals surface area contributed by atoms with Crippen molar-refractivity contribution in [3.63, 3.8) is 0 Å². The average Bonchev–Trinajstić information content (AvgIpc) is 3.63. The molecule has 292 valence electrons. The van der Waals surface area contributed by atoms with Crippen LogP contribution < -0.4 is 19.1 Å². The molecule has 17 heteroatoms. The second-order valence-electron chi connectivity index (χ2n) is 14.8. The molecule has 3 aromatic carbocycles. The molecule has 4 aromatic rings. The van der Waals surface area contributed by atoms with Crippen molar-refractivity contribution in [2.24, 2.45) is 0 Å². The SMILES string of the molecule is CN(C(=O)c1cccc(-n2nc(C(F)(F)F)c3c2C(Oc2ccc(C(=O)OC(C)(C)C)cc2)CN(C(=O)OC(C)(C)C)C3)c1)c1ccc2c(c1)OC(F)(F)O2. The van der Waals surface area contributed by atoms with Gasteiger partial charge in [-0.3, -0.25) is 9.69 Å². The zero-order valence-corrected chi connectivity index (χ0v) is 30.8. The number of rotatable bonds is 6. The van der Waals surface area contributed by atoms with E-state index in [9.17, 15) is 36.3 Å². The van der Waals surface area contributed by atoms with Gasteiger partial charge in [0, 0.05) is 29.9 Å². The van der Waals surface area contributed by atoms with E-state index in [4.69, 9.17) is 14.2 Å². The van der Waals surface area contributed by atoms with Gasteiger partial charge in [-0.25, -0.2) is 14.3 Å². The van der Waals surface area contributed by atoms with Crippen molar-refractivity contribution in [2.75, 3.05) is 18.5 Å². The van der Waals surface area contributed by atoms with Crippen LogP contribution in [0.2, 0.25) is 0 Å². The van der Waals surface area contributed by atoms with Crippen molar-refractivity contribution in [3.05, 3.63) is 94.8 Å². The van der Waals surface area contributed by atoms with Crippen LogP contribution in [-0.2, 0) is 22.2 Å². The Morgan fingerprint density at radius 1 is 0.855 bits per heavy atom. The number of halogens is 5. The van der Waals surface area contributed by atoms with E-state index in [2.05, 4.69) is 14.6 Å². The van der Waals surface area contributed by atoms with Crippen molar-refractivity contribution in [2.45, 2.75) is 77.9 Å². The van der Waals surface area contributed by atoms with E-state index in [1.165, 1.54) is 73.8 Å². The van der Waals surface area contributed by atoms with Gasteiger partial charge in [0.15, 0.2) is 23.3 Å². The minimum Gasteiger partial charge on any atom is -0.482 e. The number of esters is 1. The molecule has 1 atom stereocenters. The highest BCUT2D eigenvalue weighted by molar-refractivity contribution is 6.06. The quantitative estimate of drug-likeness (QED) is 0.141. The van der Waals surface area contributed by atoms with Crippen molar-refractivity contribution in [1.29, 1.82) is 0 Å². The molecule has 1 unspecified atom stereocenters. The first-order valence-electron chi connectivity index (χ1n) is 16.9. The van der Waals surface area contributed by atoms with E-state index in [0.29, 0.717) is 0 Å². The number of carbonyl (C=O) groups excluding carboxylic acids is 3. The van der Waals surface area contributed by atoms with E-state index >= 15 is 0 Å². The Morgan fingerprint density at radius 3 is 2.15 bits per heavy atom. The Balaban J connectivity index is 1.38. The molecule has 2 amide bonds. The summed E-state index contributed by atoms with van der Waals surface area (Å²) < 4.78 is 98.5.